The van der Waals surface area contributed by atoms with Gasteiger partial charge >= 0.3 is 0 Å². The van der Waals surface area contributed by atoms with Crippen molar-refractivity contribution in [1.82, 2.24) is 4.98 Å². The van der Waals surface area contributed by atoms with Gasteiger partial charge in [-0.05, 0) is 23.8 Å². The molecule has 1 aliphatic rings. The summed E-state index contributed by atoms with van der Waals surface area (Å²) in [5.41, 5.74) is 4.67. The van der Waals surface area contributed by atoms with Gasteiger partial charge in [0.1, 0.15) is 0 Å². The minimum atomic E-state index is 0.878. The van der Waals surface area contributed by atoms with Crippen molar-refractivity contribution in [3.63, 3.8) is 0 Å². The second kappa shape index (κ2) is 4.72. The molecule has 0 atom stereocenters. The summed E-state index contributed by atoms with van der Waals surface area (Å²) in [6.07, 6.45) is 1.85. The lowest BCUT2D eigenvalue weighted by Gasteiger charge is -2.30. The molecule has 2 heterocycles. The summed E-state index contributed by atoms with van der Waals surface area (Å²) in [7, 11) is 0. The number of nitrogens with zero attached hydrogens (tertiary/aromatic N) is 2. The molecule has 0 aliphatic carbocycles. The second-order valence-electron chi connectivity index (χ2n) is 4.74. The fourth-order valence-corrected chi connectivity index (χ4v) is 3.32. The molecule has 0 saturated carbocycles. The highest BCUT2D eigenvalue weighted by Gasteiger charge is 2.19. The number of hydrogen-bond donors (Lipinski definition) is 1. The molecule has 98 valence electrons. The van der Waals surface area contributed by atoms with Crippen LogP contribution in [-0.2, 0) is 6.54 Å². The summed E-state index contributed by atoms with van der Waals surface area (Å²) in [6.45, 7) is 0.878. The van der Waals surface area contributed by atoms with Gasteiger partial charge in [0.05, 0.1) is 29.9 Å². The number of fused-ring (bicyclic) bond motifs is 3. The van der Waals surface area contributed by atoms with E-state index in [1.165, 1.54) is 16.6 Å². The molecule has 0 saturated heterocycles. The van der Waals surface area contributed by atoms with Crippen LogP contribution in [0, 0.1) is 0 Å². The summed E-state index contributed by atoms with van der Waals surface area (Å²) in [5, 5.41) is 1.17. The molecule has 1 N–H and O–H groups in total. The van der Waals surface area contributed by atoms with E-state index in [1.54, 1.807) is 12.1 Å². The van der Waals surface area contributed by atoms with Crippen LogP contribution in [0.2, 0.25) is 0 Å². The molecular weight excluding hydrogens is 266 g/mol. The summed E-state index contributed by atoms with van der Waals surface area (Å²) < 4.78 is 5.68. The van der Waals surface area contributed by atoms with E-state index in [-0.39, 0.29) is 0 Å². The Morgan fingerprint density at radius 2 is 1.90 bits per heavy atom. The highest BCUT2D eigenvalue weighted by Crippen LogP contribution is 2.37. The number of pyridine rings is 1. The Labute approximate surface area is 121 Å². The standard InChI is InChI=1S/C16H13N3S/c1-2-6-14(7-3-1)19-11-13-9-8-12-5-4-10-17-15(12)16(13)18-20-19/h1-10,18H,11H2. The van der Waals surface area contributed by atoms with E-state index in [2.05, 4.69) is 56.5 Å². The Bertz CT molecular complexity index is 758. The summed E-state index contributed by atoms with van der Waals surface area (Å²) in [5.74, 6) is 0. The molecule has 20 heavy (non-hydrogen) atoms. The van der Waals surface area contributed by atoms with E-state index in [9.17, 15) is 0 Å². The second-order valence-corrected chi connectivity index (χ2v) is 5.57. The van der Waals surface area contributed by atoms with Crippen molar-refractivity contribution in [2.45, 2.75) is 6.54 Å². The molecule has 0 unspecified atom stereocenters. The number of benzene rings is 2. The van der Waals surface area contributed by atoms with Gasteiger partial charge in [0.2, 0.25) is 0 Å². The topological polar surface area (TPSA) is 28.2 Å². The lowest BCUT2D eigenvalue weighted by atomic mass is 10.1. The smallest absolute Gasteiger partial charge is 0.0945 e. The fourth-order valence-electron chi connectivity index (χ4n) is 2.46. The van der Waals surface area contributed by atoms with Crippen molar-refractivity contribution in [3.8, 4) is 0 Å². The largest absolute Gasteiger partial charge is 0.310 e. The maximum atomic E-state index is 4.50. The van der Waals surface area contributed by atoms with E-state index in [0.717, 1.165) is 17.7 Å². The summed E-state index contributed by atoms with van der Waals surface area (Å²) in [6, 6.07) is 18.8. The van der Waals surface area contributed by atoms with Crippen LogP contribution in [-0.4, -0.2) is 4.98 Å². The van der Waals surface area contributed by atoms with Gasteiger partial charge in [0, 0.05) is 17.3 Å². The number of para-hydroxylation sites is 1. The first-order chi connectivity index (χ1) is 9.92. The first-order valence-corrected chi connectivity index (χ1v) is 7.31. The van der Waals surface area contributed by atoms with Crippen molar-refractivity contribution in [1.29, 1.82) is 0 Å². The predicted molar refractivity (Wildman–Crippen MR) is 85.6 cm³/mol. The average molecular weight is 279 g/mol. The molecule has 4 rings (SSSR count). The van der Waals surface area contributed by atoms with Crippen LogP contribution >= 0.6 is 12.1 Å². The normalized spacial score (nSPS) is 13.9. The number of aromatic nitrogens is 1. The van der Waals surface area contributed by atoms with Gasteiger partial charge in [-0.25, -0.2) is 0 Å². The zero-order valence-electron chi connectivity index (χ0n) is 10.8. The number of anilines is 2. The van der Waals surface area contributed by atoms with Gasteiger partial charge in [-0.2, -0.15) is 0 Å². The van der Waals surface area contributed by atoms with E-state index in [0.29, 0.717) is 0 Å². The predicted octanol–water partition coefficient (Wildman–Crippen LogP) is 4.23. The molecule has 3 aromatic rings. The molecular formula is C16H13N3S. The SMILES string of the molecule is c1ccc(N2Cc3ccc4cccnc4c3NS2)cc1. The van der Waals surface area contributed by atoms with Crippen LogP contribution in [0.1, 0.15) is 5.56 Å². The Morgan fingerprint density at radius 3 is 2.80 bits per heavy atom. The van der Waals surface area contributed by atoms with Crippen molar-refractivity contribution in [2.75, 3.05) is 9.03 Å². The average Bonchev–Trinajstić information content (AvgIpc) is 2.55. The quantitative estimate of drug-likeness (QED) is 0.675. The van der Waals surface area contributed by atoms with Gasteiger partial charge < -0.3 is 4.72 Å². The molecule has 1 aromatic heterocycles. The Kier molecular flexibility index (Phi) is 2.74. The highest BCUT2D eigenvalue weighted by molar-refractivity contribution is 8.02. The van der Waals surface area contributed by atoms with Crippen LogP contribution < -0.4 is 9.03 Å². The number of rotatable bonds is 1. The molecule has 0 fully saturated rings. The molecule has 4 heteroatoms. The lowest BCUT2D eigenvalue weighted by molar-refractivity contribution is 1.05. The first-order valence-electron chi connectivity index (χ1n) is 6.54. The molecule has 2 aromatic carbocycles. The lowest BCUT2D eigenvalue weighted by Crippen LogP contribution is -2.21. The van der Waals surface area contributed by atoms with Gasteiger partial charge in [-0.1, -0.05) is 36.4 Å². The maximum Gasteiger partial charge on any atom is 0.0945 e. The van der Waals surface area contributed by atoms with Crippen LogP contribution in [0.25, 0.3) is 10.9 Å². The Balaban J connectivity index is 1.75. The number of hydrogen-bond acceptors (Lipinski definition) is 4. The molecule has 0 amide bonds. The monoisotopic (exact) mass is 279 g/mol. The third-order valence-corrected chi connectivity index (χ3v) is 4.33. The van der Waals surface area contributed by atoms with Crippen molar-refractivity contribution < 1.29 is 0 Å². The Hall–Kier alpha value is -2.20. The van der Waals surface area contributed by atoms with Gasteiger partial charge in [0.15, 0.2) is 0 Å². The van der Waals surface area contributed by atoms with E-state index in [1.807, 2.05) is 18.3 Å². The zero-order valence-corrected chi connectivity index (χ0v) is 11.6. The van der Waals surface area contributed by atoms with Gasteiger partial charge in [-0.3, -0.25) is 9.29 Å². The van der Waals surface area contributed by atoms with Gasteiger partial charge in [0.25, 0.3) is 0 Å². The summed E-state index contributed by atoms with van der Waals surface area (Å²) >= 11 is 1.62. The van der Waals surface area contributed by atoms with Crippen molar-refractivity contribution in [3.05, 3.63) is 66.4 Å². The molecule has 3 nitrogen and oxygen atoms in total. The molecule has 0 bridgehead atoms. The van der Waals surface area contributed by atoms with E-state index >= 15 is 0 Å². The Morgan fingerprint density at radius 1 is 1.00 bits per heavy atom. The third kappa shape index (κ3) is 1.89. The molecule has 0 spiro atoms. The van der Waals surface area contributed by atoms with Crippen LogP contribution in [0.5, 0.6) is 0 Å². The minimum absolute atomic E-state index is 0.878. The van der Waals surface area contributed by atoms with Crippen molar-refractivity contribution in [2.24, 2.45) is 0 Å². The third-order valence-electron chi connectivity index (χ3n) is 3.48. The van der Waals surface area contributed by atoms with Crippen molar-refractivity contribution >= 4 is 34.4 Å². The minimum Gasteiger partial charge on any atom is -0.310 e. The summed E-state index contributed by atoms with van der Waals surface area (Å²) in [4.78, 5) is 4.50. The van der Waals surface area contributed by atoms with E-state index in [4.69, 9.17) is 0 Å². The van der Waals surface area contributed by atoms with Gasteiger partial charge in [-0.15, -0.1) is 0 Å². The maximum absolute atomic E-state index is 4.50. The van der Waals surface area contributed by atoms with E-state index < -0.39 is 0 Å². The van der Waals surface area contributed by atoms with Crippen LogP contribution in [0.3, 0.4) is 0 Å². The fraction of sp³-hybridized carbons (Fsp3) is 0.0625. The molecule has 1 aliphatic heterocycles. The zero-order chi connectivity index (χ0) is 13.4. The first kappa shape index (κ1) is 11.6. The van der Waals surface area contributed by atoms with Crippen LogP contribution in [0.15, 0.2) is 60.8 Å². The number of nitrogens with one attached hydrogen (secondary N) is 1. The molecule has 0 radical (unpaired) electrons. The highest BCUT2D eigenvalue weighted by atomic mass is 32.2. The van der Waals surface area contributed by atoms with Crippen LogP contribution in [0.4, 0.5) is 11.4 Å².